The zero-order chi connectivity index (χ0) is 21.1. The second-order valence-corrected chi connectivity index (χ2v) is 8.84. The molecular weight excluding hydrogens is 394 g/mol. The predicted octanol–water partition coefficient (Wildman–Crippen LogP) is 3.40. The van der Waals surface area contributed by atoms with Crippen LogP contribution in [0.2, 0.25) is 0 Å². The lowest BCUT2D eigenvalue weighted by Crippen LogP contribution is -3.12. The Morgan fingerprint density at radius 3 is 2.50 bits per heavy atom. The fourth-order valence-electron chi connectivity index (χ4n) is 3.76. The molecule has 5 nitrogen and oxygen atoms in total. The second-order valence-electron chi connectivity index (χ2n) is 7.98. The molecule has 2 aromatic carbocycles. The summed E-state index contributed by atoms with van der Waals surface area (Å²) in [5, 5.41) is 5.56. The van der Waals surface area contributed by atoms with E-state index < -0.39 is 0 Å². The van der Waals surface area contributed by atoms with Crippen LogP contribution < -0.4 is 10.2 Å². The monoisotopic (exact) mass is 422 g/mol. The third kappa shape index (κ3) is 4.78. The molecule has 0 spiro atoms. The molecule has 156 valence electrons. The number of morpholine rings is 1. The van der Waals surface area contributed by atoms with Crippen molar-refractivity contribution < 1.29 is 14.4 Å². The zero-order valence-corrected chi connectivity index (χ0v) is 18.6. The largest absolute Gasteiger partial charge is 0.370 e. The Kier molecular flexibility index (Phi) is 6.27. The van der Waals surface area contributed by atoms with Gasteiger partial charge in [0.1, 0.15) is 19.6 Å². The number of hydrogen-bond acceptors (Lipinski definition) is 4. The summed E-state index contributed by atoms with van der Waals surface area (Å²) in [5.41, 5.74) is 7.62. The Morgan fingerprint density at radius 1 is 1.07 bits per heavy atom. The maximum Gasteiger partial charge on any atom is 0.257 e. The van der Waals surface area contributed by atoms with Crippen molar-refractivity contribution in [2.45, 2.75) is 27.3 Å². The van der Waals surface area contributed by atoms with E-state index in [1.807, 2.05) is 29.6 Å². The fraction of sp³-hybridized carbons (Fsp3) is 0.333. The van der Waals surface area contributed by atoms with Crippen molar-refractivity contribution in [1.82, 2.24) is 4.98 Å². The number of nitrogens with zero attached hydrogens (tertiary/aromatic N) is 1. The van der Waals surface area contributed by atoms with Crippen LogP contribution in [0.15, 0.2) is 41.8 Å². The van der Waals surface area contributed by atoms with E-state index in [-0.39, 0.29) is 5.91 Å². The van der Waals surface area contributed by atoms with Gasteiger partial charge in [-0.2, -0.15) is 0 Å². The first-order chi connectivity index (χ1) is 14.5. The number of aromatic nitrogens is 1. The number of nitrogens with one attached hydrogen (secondary N) is 2. The van der Waals surface area contributed by atoms with Crippen molar-refractivity contribution in [2.24, 2.45) is 0 Å². The van der Waals surface area contributed by atoms with Crippen LogP contribution in [0, 0.1) is 20.8 Å². The van der Waals surface area contributed by atoms with Crippen LogP contribution in [0.4, 0.5) is 5.13 Å². The van der Waals surface area contributed by atoms with Gasteiger partial charge in [-0.05, 0) is 55.7 Å². The van der Waals surface area contributed by atoms with Crippen molar-refractivity contribution in [2.75, 3.05) is 31.6 Å². The molecule has 3 aromatic rings. The van der Waals surface area contributed by atoms with Crippen molar-refractivity contribution >= 4 is 22.4 Å². The number of aryl methyl sites for hydroxylation is 3. The summed E-state index contributed by atoms with van der Waals surface area (Å²) in [4.78, 5) is 18.8. The average Bonchev–Trinajstić information content (AvgIpc) is 3.20. The molecule has 1 aromatic heterocycles. The Bertz CT molecular complexity index is 1040. The highest BCUT2D eigenvalue weighted by molar-refractivity contribution is 7.14. The van der Waals surface area contributed by atoms with Gasteiger partial charge in [0.05, 0.1) is 18.9 Å². The van der Waals surface area contributed by atoms with Gasteiger partial charge in [-0.15, -0.1) is 11.3 Å². The van der Waals surface area contributed by atoms with E-state index in [0.29, 0.717) is 10.7 Å². The molecule has 0 radical (unpaired) electrons. The van der Waals surface area contributed by atoms with Crippen LogP contribution in [0.25, 0.3) is 11.3 Å². The highest BCUT2D eigenvalue weighted by Gasteiger charge is 2.15. The van der Waals surface area contributed by atoms with Gasteiger partial charge in [0.25, 0.3) is 5.91 Å². The molecule has 0 aliphatic carbocycles. The van der Waals surface area contributed by atoms with Gasteiger partial charge in [-0.25, -0.2) is 4.98 Å². The van der Waals surface area contributed by atoms with E-state index in [2.05, 4.69) is 43.2 Å². The number of anilines is 1. The molecule has 30 heavy (non-hydrogen) atoms. The quantitative estimate of drug-likeness (QED) is 0.663. The van der Waals surface area contributed by atoms with E-state index in [1.165, 1.54) is 38.5 Å². The minimum Gasteiger partial charge on any atom is -0.370 e. The van der Waals surface area contributed by atoms with Crippen molar-refractivity contribution in [3.8, 4) is 11.3 Å². The molecule has 1 saturated heterocycles. The molecule has 0 saturated carbocycles. The Balaban J connectivity index is 1.41. The van der Waals surface area contributed by atoms with E-state index in [1.54, 1.807) is 0 Å². The fourth-order valence-corrected chi connectivity index (χ4v) is 4.47. The van der Waals surface area contributed by atoms with Crippen LogP contribution in [0.1, 0.15) is 32.6 Å². The SMILES string of the molecule is Cc1cc(C)c(-c2csc(NC(=O)c3ccc(C[NH+]4CCOCC4)cc3)n2)cc1C. The molecule has 2 heterocycles. The lowest BCUT2D eigenvalue weighted by atomic mass is 9.99. The molecule has 6 heteroatoms. The summed E-state index contributed by atoms with van der Waals surface area (Å²) in [6.07, 6.45) is 0. The van der Waals surface area contributed by atoms with Gasteiger partial charge in [-0.1, -0.05) is 18.2 Å². The Labute approximate surface area is 181 Å². The van der Waals surface area contributed by atoms with Gasteiger partial charge in [0, 0.05) is 22.1 Å². The molecule has 4 rings (SSSR count). The second kappa shape index (κ2) is 9.08. The Hall–Kier alpha value is -2.54. The molecular formula is C24H28N3O2S+. The number of quaternary nitrogens is 1. The smallest absolute Gasteiger partial charge is 0.257 e. The standard InChI is InChI=1S/C24H27N3O2S/c1-16-12-18(3)21(13-17(16)2)22-15-30-24(25-22)26-23(28)20-6-4-19(5-7-20)14-27-8-10-29-11-9-27/h4-7,12-13,15H,8-11,14H2,1-3H3,(H,25,26,28)/p+1. The van der Waals surface area contributed by atoms with Crippen molar-refractivity contribution in [3.63, 3.8) is 0 Å². The summed E-state index contributed by atoms with van der Waals surface area (Å²) in [6, 6.07) is 12.2. The van der Waals surface area contributed by atoms with E-state index in [4.69, 9.17) is 4.74 Å². The van der Waals surface area contributed by atoms with Gasteiger partial charge in [0.15, 0.2) is 5.13 Å². The van der Waals surface area contributed by atoms with E-state index in [0.717, 1.165) is 44.1 Å². The highest BCUT2D eigenvalue weighted by Crippen LogP contribution is 2.29. The summed E-state index contributed by atoms with van der Waals surface area (Å²) >= 11 is 1.45. The number of carbonyl (C=O) groups is 1. The molecule has 0 bridgehead atoms. The summed E-state index contributed by atoms with van der Waals surface area (Å²) in [7, 11) is 0. The van der Waals surface area contributed by atoms with Gasteiger partial charge in [-0.3, -0.25) is 10.1 Å². The van der Waals surface area contributed by atoms with Crippen molar-refractivity contribution in [3.05, 3.63) is 69.6 Å². The summed E-state index contributed by atoms with van der Waals surface area (Å²) in [6.45, 7) is 11.0. The van der Waals surface area contributed by atoms with Gasteiger partial charge < -0.3 is 9.64 Å². The van der Waals surface area contributed by atoms with Crippen LogP contribution in [-0.4, -0.2) is 37.2 Å². The highest BCUT2D eigenvalue weighted by atomic mass is 32.1. The minimum absolute atomic E-state index is 0.127. The number of ether oxygens (including phenoxy) is 1. The van der Waals surface area contributed by atoms with E-state index >= 15 is 0 Å². The number of thiazole rings is 1. The first kappa shape index (κ1) is 20.7. The lowest BCUT2D eigenvalue weighted by molar-refractivity contribution is -0.921. The van der Waals surface area contributed by atoms with Gasteiger partial charge >= 0.3 is 0 Å². The number of rotatable bonds is 5. The predicted molar refractivity (Wildman–Crippen MR) is 121 cm³/mol. The van der Waals surface area contributed by atoms with E-state index in [9.17, 15) is 4.79 Å². The zero-order valence-electron chi connectivity index (χ0n) is 17.7. The first-order valence-corrected chi connectivity index (χ1v) is 11.2. The normalized spacial score (nSPS) is 14.6. The number of carbonyl (C=O) groups excluding carboxylic acids is 1. The molecule has 1 aliphatic rings. The molecule has 1 amide bonds. The lowest BCUT2D eigenvalue weighted by Gasteiger charge is -2.23. The maximum absolute atomic E-state index is 12.7. The summed E-state index contributed by atoms with van der Waals surface area (Å²) in [5.74, 6) is -0.127. The van der Waals surface area contributed by atoms with Crippen LogP contribution >= 0.6 is 11.3 Å². The molecule has 0 atom stereocenters. The van der Waals surface area contributed by atoms with Crippen molar-refractivity contribution in [1.29, 1.82) is 0 Å². The topological polar surface area (TPSA) is 55.7 Å². The van der Waals surface area contributed by atoms with Crippen LogP contribution in [-0.2, 0) is 11.3 Å². The maximum atomic E-state index is 12.7. The van der Waals surface area contributed by atoms with Gasteiger partial charge in [0.2, 0.25) is 0 Å². The first-order valence-electron chi connectivity index (χ1n) is 10.3. The number of hydrogen-bond donors (Lipinski definition) is 2. The summed E-state index contributed by atoms with van der Waals surface area (Å²) < 4.78 is 5.41. The van der Waals surface area contributed by atoms with Crippen LogP contribution in [0.3, 0.4) is 0 Å². The third-order valence-electron chi connectivity index (χ3n) is 5.71. The molecule has 1 fully saturated rings. The minimum atomic E-state index is -0.127. The molecule has 2 N–H and O–H groups in total. The Morgan fingerprint density at radius 2 is 1.77 bits per heavy atom. The van der Waals surface area contributed by atoms with Crippen LogP contribution in [0.5, 0.6) is 0 Å². The number of amides is 1. The molecule has 1 aliphatic heterocycles. The number of benzene rings is 2. The average molecular weight is 423 g/mol. The molecule has 0 unspecified atom stereocenters. The third-order valence-corrected chi connectivity index (χ3v) is 6.47.